The van der Waals surface area contributed by atoms with Gasteiger partial charge in [0.05, 0.1) is 15.9 Å². The van der Waals surface area contributed by atoms with Crippen LogP contribution >= 0.6 is 46.7 Å². The van der Waals surface area contributed by atoms with Gasteiger partial charge in [0.2, 0.25) is 0 Å². The van der Waals surface area contributed by atoms with E-state index in [1.165, 1.54) is 35.1 Å². The van der Waals surface area contributed by atoms with Gasteiger partial charge in [0.15, 0.2) is 10.8 Å². The van der Waals surface area contributed by atoms with Gasteiger partial charge in [-0.15, -0.1) is 34.4 Å². The number of nitrogens with zero attached hydrogens (tertiary/aromatic N) is 4. The van der Waals surface area contributed by atoms with Gasteiger partial charge >= 0.3 is 29.6 Å². The molecular weight excluding hydrogens is 540 g/mol. The van der Waals surface area contributed by atoms with Crippen LogP contribution in [0.1, 0.15) is 10.7 Å². The Balaban J connectivity index is 0.00000289. The average molecular weight is 555 g/mol. The van der Waals surface area contributed by atoms with E-state index in [2.05, 4.69) is 20.4 Å². The van der Waals surface area contributed by atoms with Gasteiger partial charge in [-0.3, -0.25) is 14.5 Å². The van der Waals surface area contributed by atoms with Crippen molar-refractivity contribution < 1.29 is 49.1 Å². The van der Waals surface area contributed by atoms with Crippen molar-refractivity contribution in [2.45, 2.75) is 11.4 Å². The SMILES string of the molecule is CO/N=C(\C(=O)NC1C(=O)N2C(C([O-])=S)=C(c3nc4ccccc4s3)CS[C@H]12)c1csc(N)n1.[Na+]. The Morgan fingerprint density at radius 3 is 2.80 bits per heavy atom. The molecule has 2 atom stereocenters. The van der Waals surface area contributed by atoms with Crippen LogP contribution in [0.3, 0.4) is 0 Å². The number of β-lactam (4-membered cyclic amide) rings is 1. The molecule has 0 saturated carbocycles. The van der Waals surface area contributed by atoms with E-state index in [4.69, 9.17) is 22.8 Å². The number of aromatic nitrogens is 2. The number of oxime groups is 1. The van der Waals surface area contributed by atoms with Gasteiger partial charge in [0.1, 0.15) is 29.2 Å². The quantitative estimate of drug-likeness (QED) is 0.118. The summed E-state index contributed by atoms with van der Waals surface area (Å²) in [4.78, 5) is 40.7. The molecule has 2 amide bonds. The molecule has 0 radical (unpaired) electrons. The van der Waals surface area contributed by atoms with Crippen LogP contribution in [0, 0.1) is 0 Å². The number of thioether (sulfide) groups is 1. The first-order chi connectivity index (χ1) is 16.4. The summed E-state index contributed by atoms with van der Waals surface area (Å²) in [7, 11) is 1.30. The van der Waals surface area contributed by atoms with Crippen molar-refractivity contribution >= 4 is 90.2 Å². The Kier molecular flexibility index (Phi) is 7.80. The molecule has 0 aliphatic carbocycles. The number of benzene rings is 1. The van der Waals surface area contributed by atoms with Crippen molar-refractivity contribution in [2.24, 2.45) is 5.16 Å². The third-order valence-electron chi connectivity index (χ3n) is 5.16. The molecule has 1 saturated heterocycles. The number of carbonyl (C=O) groups excluding carboxylic acids is 2. The number of amides is 2. The number of hydrogen-bond acceptors (Lipinski definition) is 12. The summed E-state index contributed by atoms with van der Waals surface area (Å²) in [5.41, 5.74) is 7.37. The molecule has 15 heteroatoms. The second kappa shape index (κ2) is 10.5. The van der Waals surface area contributed by atoms with Crippen LogP contribution < -0.4 is 45.7 Å². The first-order valence-electron chi connectivity index (χ1n) is 9.77. The number of thiocarbonyl (C=S) groups is 1. The van der Waals surface area contributed by atoms with E-state index >= 15 is 0 Å². The molecule has 35 heavy (non-hydrogen) atoms. The van der Waals surface area contributed by atoms with Crippen LogP contribution in [-0.2, 0) is 14.4 Å². The van der Waals surface area contributed by atoms with E-state index < -0.39 is 28.3 Å². The number of nitrogens with one attached hydrogen (secondary N) is 1. The van der Waals surface area contributed by atoms with Gasteiger partial charge in [-0.1, -0.05) is 29.5 Å². The molecule has 2 aliphatic rings. The van der Waals surface area contributed by atoms with Gasteiger partial charge in [0, 0.05) is 16.7 Å². The summed E-state index contributed by atoms with van der Waals surface area (Å²) in [6.45, 7) is 0. The smallest absolute Gasteiger partial charge is 0.863 e. The molecule has 3 N–H and O–H groups in total. The number of nitrogen functional groups attached to an aromatic ring is 1. The van der Waals surface area contributed by atoms with Crippen molar-refractivity contribution in [1.82, 2.24) is 20.2 Å². The number of hydrogen-bond donors (Lipinski definition) is 2. The third-order valence-corrected chi connectivity index (χ3v) is 8.41. The zero-order valence-electron chi connectivity index (χ0n) is 18.4. The number of nitrogens with two attached hydrogens (primary N) is 1. The number of carbonyl (C=O) groups is 2. The summed E-state index contributed by atoms with van der Waals surface area (Å²) in [5.74, 6) is -0.662. The van der Waals surface area contributed by atoms with Crippen molar-refractivity contribution in [3.05, 3.63) is 46.0 Å². The van der Waals surface area contributed by atoms with Crippen LogP contribution in [-0.4, -0.2) is 61.7 Å². The first-order valence-corrected chi connectivity index (χ1v) is 12.9. The minimum absolute atomic E-state index is 0. The van der Waals surface area contributed by atoms with Crippen LogP contribution in [0.5, 0.6) is 0 Å². The van der Waals surface area contributed by atoms with Crippen LogP contribution in [0.25, 0.3) is 15.8 Å². The monoisotopic (exact) mass is 554 g/mol. The number of rotatable bonds is 6. The number of fused-ring (bicyclic) bond motifs is 2. The Morgan fingerprint density at radius 2 is 2.14 bits per heavy atom. The fraction of sp³-hybridized carbons (Fsp3) is 0.200. The molecule has 4 heterocycles. The van der Waals surface area contributed by atoms with E-state index in [0.717, 1.165) is 21.6 Å². The van der Waals surface area contributed by atoms with Gasteiger partial charge < -0.3 is 21.0 Å². The second-order valence-electron chi connectivity index (χ2n) is 7.16. The summed E-state index contributed by atoms with van der Waals surface area (Å²) < 4.78 is 0.973. The molecule has 2 aliphatic heterocycles. The zero-order chi connectivity index (χ0) is 24.0. The third kappa shape index (κ3) is 4.71. The molecule has 5 rings (SSSR count). The molecule has 1 fully saturated rings. The molecule has 1 aromatic carbocycles. The molecule has 1 unspecified atom stereocenters. The Hall–Kier alpha value is -2.07. The van der Waals surface area contributed by atoms with Gasteiger partial charge in [0.25, 0.3) is 11.8 Å². The van der Waals surface area contributed by atoms with Gasteiger partial charge in [-0.25, -0.2) is 9.97 Å². The van der Waals surface area contributed by atoms with Gasteiger partial charge in [-0.2, -0.15) is 0 Å². The predicted octanol–water partition coefficient (Wildman–Crippen LogP) is -1.81. The Labute approximate surface area is 238 Å². The predicted molar refractivity (Wildman–Crippen MR) is 134 cm³/mol. The summed E-state index contributed by atoms with van der Waals surface area (Å²) in [6.07, 6.45) is 0. The maximum atomic E-state index is 13.1. The Bertz CT molecular complexity index is 1370. The van der Waals surface area contributed by atoms with E-state index in [9.17, 15) is 14.7 Å². The zero-order valence-corrected chi connectivity index (χ0v) is 23.6. The number of anilines is 1. The fourth-order valence-corrected chi connectivity index (χ4v) is 6.89. The van der Waals surface area contributed by atoms with E-state index in [-0.39, 0.29) is 51.8 Å². The maximum Gasteiger partial charge on any atom is 1.00 e. The van der Waals surface area contributed by atoms with Crippen LogP contribution in [0.4, 0.5) is 5.13 Å². The van der Waals surface area contributed by atoms with Crippen molar-refractivity contribution in [3.8, 4) is 0 Å². The normalized spacial score (nSPS) is 19.6. The minimum Gasteiger partial charge on any atom is -0.863 e. The van der Waals surface area contributed by atoms with Crippen molar-refractivity contribution in [2.75, 3.05) is 18.6 Å². The van der Waals surface area contributed by atoms with Crippen molar-refractivity contribution in [3.63, 3.8) is 0 Å². The minimum atomic E-state index is -0.864. The molecule has 0 bridgehead atoms. The fourth-order valence-electron chi connectivity index (χ4n) is 3.68. The number of para-hydroxylation sites is 1. The number of thiazole rings is 2. The van der Waals surface area contributed by atoms with Crippen LogP contribution in [0.2, 0.25) is 0 Å². The maximum absolute atomic E-state index is 13.1. The molecule has 174 valence electrons. The van der Waals surface area contributed by atoms with Gasteiger partial charge in [-0.05, 0) is 17.2 Å². The molecule has 10 nitrogen and oxygen atoms in total. The summed E-state index contributed by atoms with van der Waals surface area (Å²) >= 11 is 8.99. The molecule has 2 aromatic heterocycles. The Morgan fingerprint density at radius 1 is 1.37 bits per heavy atom. The second-order valence-corrected chi connectivity index (χ2v) is 10.6. The van der Waals surface area contributed by atoms with E-state index in [0.29, 0.717) is 16.3 Å². The summed E-state index contributed by atoms with van der Waals surface area (Å²) in [6, 6.07) is 6.77. The van der Waals surface area contributed by atoms with Crippen LogP contribution in [0.15, 0.2) is 40.5 Å². The molecule has 3 aromatic rings. The van der Waals surface area contributed by atoms with Crippen molar-refractivity contribution in [1.29, 1.82) is 0 Å². The summed E-state index contributed by atoms with van der Waals surface area (Å²) in [5, 5.41) is 20.2. The topological polar surface area (TPSA) is 146 Å². The average Bonchev–Trinajstić information content (AvgIpc) is 3.45. The van der Waals surface area contributed by atoms with E-state index in [1.807, 2.05) is 24.3 Å². The standard InChI is InChI=1S/C20H16N6O4S4.Na/c1-30-25-12(10-7-33-20(21)23-10)15(27)24-13-17(28)26-14(19(29)31)8(6-32-18(13)26)16-22-9-4-2-3-5-11(9)34-16;/h2-5,7,13,18H,6H2,1H3,(H2,21,23)(H,24,27)(H,29,31);/q;+1/p-1/b25-12-;/t13?,18-;/m1./s1. The van der Waals surface area contributed by atoms with E-state index in [1.54, 1.807) is 5.38 Å². The first kappa shape index (κ1) is 26.0. The largest absolute Gasteiger partial charge is 1.00 e. The molecule has 0 spiro atoms. The molecular formula is C20H15N6NaO4S4.